The van der Waals surface area contributed by atoms with Crippen LogP contribution in [0.15, 0.2) is 88.6 Å². The number of anilines is 1. The molecule has 2 heterocycles. The fraction of sp³-hybridized carbons (Fsp3) is 0.281. The van der Waals surface area contributed by atoms with E-state index < -0.39 is 5.54 Å². The van der Waals surface area contributed by atoms with Crippen molar-refractivity contribution >= 4 is 52.1 Å². The van der Waals surface area contributed by atoms with Gasteiger partial charge in [-0.15, -0.1) is 0 Å². The maximum atomic E-state index is 14.2. The highest BCUT2D eigenvalue weighted by molar-refractivity contribution is 7.80. The van der Waals surface area contributed by atoms with Crippen molar-refractivity contribution in [3.63, 3.8) is 0 Å². The SMILES string of the molecule is Cc1c(N2C(=S)NC(=N[C@H](c3ccc(Cl)cc3)c3cccc(Cl)c3)C23CCCCC3)c(=O)n(-c2ccccc2)n1C. The zero-order valence-electron chi connectivity index (χ0n) is 23.0. The van der Waals surface area contributed by atoms with Crippen molar-refractivity contribution in [1.82, 2.24) is 14.7 Å². The minimum atomic E-state index is -0.557. The van der Waals surface area contributed by atoms with Gasteiger partial charge in [0.1, 0.15) is 23.1 Å². The fourth-order valence-corrected chi connectivity index (χ4v) is 6.93. The third-order valence-corrected chi connectivity index (χ3v) is 9.11. The lowest BCUT2D eigenvalue weighted by Crippen LogP contribution is -2.53. The van der Waals surface area contributed by atoms with Crippen LogP contribution in [0.2, 0.25) is 10.0 Å². The Labute approximate surface area is 255 Å². The van der Waals surface area contributed by atoms with Crippen molar-refractivity contribution in [2.24, 2.45) is 12.0 Å². The van der Waals surface area contributed by atoms with Crippen molar-refractivity contribution in [2.75, 3.05) is 4.90 Å². The molecule has 1 saturated heterocycles. The van der Waals surface area contributed by atoms with Gasteiger partial charge in [0.15, 0.2) is 5.11 Å². The van der Waals surface area contributed by atoms with E-state index in [1.165, 1.54) is 0 Å². The highest BCUT2D eigenvalue weighted by Gasteiger charge is 2.52. The first-order valence-corrected chi connectivity index (χ1v) is 15.0. The van der Waals surface area contributed by atoms with Crippen molar-refractivity contribution in [3.8, 4) is 5.69 Å². The van der Waals surface area contributed by atoms with Crippen LogP contribution in [0.5, 0.6) is 0 Å². The van der Waals surface area contributed by atoms with E-state index in [9.17, 15) is 4.79 Å². The van der Waals surface area contributed by atoms with Crippen LogP contribution >= 0.6 is 35.4 Å². The summed E-state index contributed by atoms with van der Waals surface area (Å²) in [6.45, 7) is 1.98. The van der Waals surface area contributed by atoms with Crippen molar-refractivity contribution in [2.45, 2.75) is 50.6 Å². The first-order valence-electron chi connectivity index (χ1n) is 13.8. The van der Waals surface area contributed by atoms with Gasteiger partial charge >= 0.3 is 0 Å². The number of thiocarbonyl (C=S) groups is 1. The van der Waals surface area contributed by atoms with Gasteiger partial charge in [0.2, 0.25) is 0 Å². The minimum absolute atomic E-state index is 0.101. The van der Waals surface area contributed by atoms with Crippen LogP contribution in [0.25, 0.3) is 5.69 Å². The number of hydrogen-bond acceptors (Lipinski definition) is 3. The molecule has 2 aliphatic rings. The largest absolute Gasteiger partial charge is 0.319 e. The Morgan fingerprint density at radius 3 is 2.29 bits per heavy atom. The molecule has 4 aromatic rings. The van der Waals surface area contributed by atoms with Gasteiger partial charge in [-0.25, -0.2) is 4.68 Å². The number of amidine groups is 1. The molecule has 9 heteroatoms. The standard InChI is InChI=1S/C32H31Cl2N5OS/c1-21-28(29(40)39(37(21)2)26-12-5-3-6-13-26)38-31(41)36-30(32(38)18-7-4-8-19-32)35-27(22-14-16-24(33)17-15-22)23-10-9-11-25(34)20-23/h3,5-6,9-17,20,27H,4,7-8,18-19H2,1-2H3,(H,35,36,41)/t27-/m1/s1. The zero-order chi connectivity index (χ0) is 28.7. The average molecular weight is 605 g/mol. The number of aliphatic imine (C=N–C) groups is 1. The van der Waals surface area contributed by atoms with Crippen LogP contribution in [0.3, 0.4) is 0 Å². The normalized spacial score (nSPS) is 18.2. The molecule has 2 fully saturated rings. The Balaban J connectivity index is 1.53. The Morgan fingerprint density at radius 1 is 0.902 bits per heavy atom. The van der Waals surface area contributed by atoms with Gasteiger partial charge in [-0.2, -0.15) is 0 Å². The highest BCUT2D eigenvalue weighted by Crippen LogP contribution is 2.42. The molecule has 0 amide bonds. The van der Waals surface area contributed by atoms with Crippen LogP contribution in [-0.2, 0) is 7.05 Å². The van der Waals surface area contributed by atoms with E-state index >= 15 is 0 Å². The summed E-state index contributed by atoms with van der Waals surface area (Å²) in [6.07, 6.45) is 4.83. The molecule has 1 atom stereocenters. The first kappa shape index (κ1) is 27.8. The number of halogens is 2. The maximum Gasteiger partial charge on any atom is 0.295 e. The Morgan fingerprint density at radius 2 is 1.61 bits per heavy atom. The van der Waals surface area contributed by atoms with Gasteiger partial charge in [0.05, 0.1) is 11.4 Å². The lowest BCUT2D eigenvalue weighted by atomic mass is 9.79. The molecule has 1 N–H and O–H groups in total. The monoisotopic (exact) mass is 603 g/mol. The van der Waals surface area contributed by atoms with Gasteiger partial charge in [-0.3, -0.25) is 19.4 Å². The van der Waals surface area contributed by atoms with Crippen molar-refractivity contribution in [1.29, 1.82) is 0 Å². The van der Waals surface area contributed by atoms with Crippen LogP contribution in [0.4, 0.5) is 5.69 Å². The molecular weight excluding hydrogens is 573 g/mol. The summed E-state index contributed by atoms with van der Waals surface area (Å²) in [5, 5.41) is 5.28. The van der Waals surface area contributed by atoms with Crippen LogP contribution < -0.4 is 15.8 Å². The number of rotatable bonds is 5. The molecule has 1 aromatic heterocycles. The molecule has 1 aliphatic heterocycles. The molecule has 0 unspecified atom stereocenters. The first-order chi connectivity index (χ1) is 19.8. The van der Waals surface area contributed by atoms with E-state index in [4.69, 9.17) is 40.4 Å². The number of aromatic nitrogens is 2. The van der Waals surface area contributed by atoms with E-state index in [1.54, 1.807) is 4.68 Å². The van der Waals surface area contributed by atoms with Gasteiger partial charge in [0.25, 0.3) is 5.56 Å². The van der Waals surface area contributed by atoms with Crippen molar-refractivity contribution < 1.29 is 0 Å². The summed E-state index contributed by atoms with van der Waals surface area (Å²) in [4.78, 5) is 21.6. The molecule has 0 radical (unpaired) electrons. The van der Waals surface area contributed by atoms with E-state index in [0.717, 1.165) is 60.4 Å². The smallest absolute Gasteiger partial charge is 0.295 e. The number of nitrogens with zero attached hydrogens (tertiary/aromatic N) is 4. The summed E-state index contributed by atoms with van der Waals surface area (Å²) in [5.41, 5.74) is 3.54. The fourth-order valence-electron chi connectivity index (χ4n) is 6.24. The van der Waals surface area contributed by atoms with Crippen LogP contribution in [0.1, 0.15) is 55.0 Å². The summed E-state index contributed by atoms with van der Waals surface area (Å²) in [5.74, 6) is 0.788. The highest BCUT2D eigenvalue weighted by atomic mass is 35.5. The molecule has 6 rings (SSSR count). The molecule has 1 aliphatic carbocycles. The molecule has 210 valence electrons. The lowest BCUT2D eigenvalue weighted by molar-refractivity contribution is 0.384. The molecule has 6 nitrogen and oxygen atoms in total. The molecule has 0 bridgehead atoms. The second kappa shape index (κ2) is 11.1. The minimum Gasteiger partial charge on any atom is -0.319 e. The second-order valence-electron chi connectivity index (χ2n) is 10.8. The number of hydrogen-bond donors (Lipinski definition) is 1. The molecule has 1 saturated carbocycles. The summed E-state index contributed by atoms with van der Waals surface area (Å²) < 4.78 is 3.62. The third kappa shape index (κ3) is 4.90. The topological polar surface area (TPSA) is 54.6 Å². The lowest BCUT2D eigenvalue weighted by Gasteiger charge is -2.40. The van der Waals surface area contributed by atoms with Gasteiger partial charge in [-0.05, 0) is 79.5 Å². The predicted molar refractivity (Wildman–Crippen MR) is 172 cm³/mol. The van der Waals surface area contributed by atoms with E-state index in [2.05, 4.69) is 10.2 Å². The Bertz CT molecular complexity index is 1690. The Hall–Kier alpha value is -3.39. The van der Waals surface area contributed by atoms with Gasteiger partial charge in [-0.1, -0.05) is 84.9 Å². The maximum absolute atomic E-state index is 14.2. The quantitative estimate of drug-likeness (QED) is 0.242. The number of para-hydroxylation sites is 1. The number of benzene rings is 3. The zero-order valence-corrected chi connectivity index (χ0v) is 25.3. The Kier molecular flexibility index (Phi) is 7.53. The van der Waals surface area contributed by atoms with Gasteiger partial charge < -0.3 is 5.32 Å². The van der Waals surface area contributed by atoms with E-state index in [-0.39, 0.29) is 11.6 Å². The molecule has 41 heavy (non-hydrogen) atoms. The third-order valence-electron chi connectivity index (χ3n) is 8.33. The van der Waals surface area contributed by atoms with Gasteiger partial charge in [0, 0.05) is 17.1 Å². The summed E-state index contributed by atoms with van der Waals surface area (Å²) in [6, 6.07) is 24.9. The summed E-state index contributed by atoms with van der Waals surface area (Å²) >= 11 is 18.7. The molecule has 3 aromatic carbocycles. The predicted octanol–water partition coefficient (Wildman–Crippen LogP) is 7.38. The molecular formula is C32H31Cl2N5OS. The second-order valence-corrected chi connectivity index (χ2v) is 12.0. The average Bonchev–Trinajstić information content (AvgIpc) is 3.35. The van der Waals surface area contributed by atoms with E-state index in [1.807, 2.05) is 97.5 Å². The molecule has 1 spiro atoms. The van der Waals surface area contributed by atoms with E-state index in [0.29, 0.717) is 20.8 Å². The van der Waals surface area contributed by atoms with Crippen LogP contribution in [-0.4, -0.2) is 25.9 Å². The summed E-state index contributed by atoms with van der Waals surface area (Å²) in [7, 11) is 1.91. The number of nitrogens with one attached hydrogen (secondary N) is 1. The van der Waals surface area contributed by atoms with Crippen molar-refractivity contribution in [3.05, 3.63) is 116 Å². The van der Waals surface area contributed by atoms with Crippen LogP contribution in [0, 0.1) is 6.92 Å².